The lowest BCUT2D eigenvalue weighted by atomic mass is 10.1. The van der Waals surface area contributed by atoms with Gasteiger partial charge >= 0.3 is 6.18 Å². The van der Waals surface area contributed by atoms with Crippen molar-refractivity contribution in [2.24, 2.45) is 0 Å². The fourth-order valence-electron chi connectivity index (χ4n) is 3.77. The minimum absolute atomic E-state index is 0.110. The van der Waals surface area contributed by atoms with Crippen LogP contribution < -0.4 is 4.90 Å². The van der Waals surface area contributed by atoms with E-state index in [1.165, 1.54) is 30.2 Å². The van der Waals surface area contributed by atoms with Crippen molar-refractivity contribution in [1.82, 2.24) is 19.6 Å². The second-order valence-electron chi connectivity index (χ2n) is 7.27. The molecule has 3 aromatic rings. The van der Waals surface area contributed by atoms with Gasteiger partial charge in [0.25, 0.3) is 5.91 Å². The first kappa shape index (κ1) is 21.0. The summed E-state index contributed by atoms with van der Waals surface area (Å²) in [5.41, 5.74) is 0.822. The van der Waals surface area contributed by atoms with Gasteiger partial charge in [-0.25, -0.2) is 9.07 Å². The Hall–Kier alpha value is -3.21. The number of nitrogens with zero attached hydrogens (tertiary/aromatic N) is 5. The monoisotopic (exact) mass is 437 g/mol. The number of anilines is 1. The number of amides is 1. The number of hydrogen-bond acceptors (Lipinski definition) is 4. The molecule has 0 bridgehead atoms. The van der Waals surface area contributed by atoms with Crippen LogP contribution in [0.3, 0.4) is 0 Å². The molecule has 11 heteroatoms. The van der Waals surface area contributed by atoms with Crippen LogP contribution in [0.2, 0.25) is 0 Å². The second kappa shape index (κ2) is 7.80. The molecule has 2 aromatic heterocycles. The highest BCUT2D eigenvalue weighted by atomic mass is 19.4. The summed E-state index contributed by atoms with van der Waals surface area (Å²) in [7, 11) is 0. The van der Waals surface area contributed by atoms with Crippen molar-refractivity contribution in [2.45, 2.75) is 32.0 Å². The fourth-order valence-corrected chi connectivity index (χ4v) is 3.77. The van der Waals surface area contributed by atoms with Crippen molar-refractivity contribution in [3.63, 3.8) is 0 Å². The number of aryl methyl sites for hydroxylation is 1. The Bertz CT molecular complexity index is 1100. The first-order valence-electron chi connectivity index (χ1n) is 9.59. The molecule has 31 heavy (non-hydrogen) atoms. The van der Waals surface area contributed by atoms with Gasteiger partial charge in [-0.2, -0.15) is 23.4 Å². The Morgan fingerprint density at radius 2 is 1.97 bits per heavy atom. The van der Waals surface area contributed by atoms with Gasteiger partial charge in [0, 0.05) is 12.2 Å². The zero-order chi connectivity index (χ0) is 22.3. The summed E-state index contributed by atoms with van der Waals surface area (Å²) in [4.78, 5) is 14.6. The molecule has 0 saturated carbocycles. The molecule has 0 aliphatic carbocycles. The standard InChI is InChI=1S/C20H19F4N5O2/c1-12-9-18(20(22,23)24)26-28(12)17(11-30)19(31)27-8-2-3-15-16(27)10-25-29(15)14-6-4-13(21)5-7-14/h4-7,9-10,17,30H,2-3,8,11H2,1H3. The smallest absolute Gasteiger partial charge is 0.394 e. The maximum atomic E-state index is 13.2. The summed E-state index contributed by atoms with van der Waals surface area (Å²) in [6.07, 6.45) is -1.97. The topological polar surface area (TPSA) is 76.2 Å². The van der Waals surface area contributed by atoms with E-state index in [0.29, 0.717) is 30.8 Å². The number of alkyl halides is 3. The van der Waals surface area contributed by atoms with Crippen LogP contribution in [0.5, 0.6) is 0 Å². The summed E-state index contributed by atoms with van der Waals surface area (Å²) >= 11 is 0. The largest absolute Gasteiger partial charge is 0.435 e. The van der Waals surface area contributed by atoms with Gasteiger partial charge in [0.05, 0.1) is 29.9 Å². The van der Waals surface area contributed by atoms with Crippen molar-refractivity contribution in [1.29, 1.82) is 0 Å². The SMILES string of the molecule is Cc1cc(C(F)(F)F)nn1C(CO)C(=O)N1CCCc2c1cnn2-c1ccc(F)cc1. The summed E-state index contributed by atoms with van der Waals surface area (Å²) in [6.45, 7) is 1.01. The van der Waals surface area contributed by atoms with Crippen LogP contribution in [0.4, 0.5) is 23.2 Å². The number of benzene rings is 1. The van der Waals surface area contributed by atoms with E-state index >= 15 is 0 Å². The lowest BCUT2D eigenvalue weighted by molar-refractivity contribution is -0.142. The van der Waals surface area contributed by atoms with Crippen LogP contribution in [-0.4, -0.2) is 43.7 Å². The van der Waals surface area contributed by atoms with E-state index in [9.17, 15) is 27.5 Å². The Morgan fingerprint density at radius 3 is 2.58 bits per heavy atom. The summed E-state index contributed by atoms with van der Waals surface area (Å²) in [6, 6.07) is 5.25. The van der Waals surface area contributed by atoms with Gasteiger partial charge in [-0.15, -0.1) is 0 Å². The number of fused-ring (bicyclic) bond motifs is 1. The number of aromatic nitrogens is 4. The number of halogens is 4. The molecular formula is C20H19F4N5O2. The van der Waals surface area contributed by atoms with E-state index in [2.05, 4.69) is 10.2 Å². The summed E-state index contributed by atoms with van der Waals surface area (Å²) in [5.74, 6) is -0.970. The van der Waals surface area contributed by atoms with Gasteiger partial charge in [0.2, 0.25) is 0 Å². The average molecular weight is 437 g/mol. The zero-order valence-corrected chi connectivity index (χ0v) is 16.5. The van der Waals surface area contributed by atoms with E-state index in [4.69, 9.17) is 0 Å². The number of rotatable bonds is 4. The summed E-state index contributed by atoms with van der Waals surface area (Å²) < 4.78 is 54.8. The molecule has 0 fully saturated rings. The normalized spacial score (nSPS) is 15.1. The van der Waals surface area contributed by atoms with Crippen molar-refractivity contribution in [3.8, 4) is 5.69 Å². The predicted molar refractivity (Wildman–Crippen MR) is 102 cm³/mol. The first-order chi connectivity index (χ1) is 14.7. The van der Waals surface area contributed by atoms with E-state index in [0.717, 1.165) is 16.4 Å². The van der Waals surface area contributed by atoms with Crippen molar-refractivity contribution < 1.29 is 27.5 Å². The Labute approximate surface area is 174 Å². The zero-order valence-electron chi connectivity index (χ0n) is 16.5. The third kappa shape index (κ3) is 3.80. The molecule has 1 atom stereocenters. The van der Waals surface area contributed by atoms with Crippen LogP contribution in [-0.2, 0) is 17.4 Å². The lowest BCUT2D eigenvalue weighted by Gasteiger charge is -2.30. The van der Waals surface area contributed by atoms with Crippen LogP contribution in [0.1, 0.15) is 29.5 Å². The molecule has 1 amide bonds. The molecule has 1 N–H and O–H groups in total. The molecule has 3 heterocycles. The molecule has 0 radical (unpaired) electrons. The Kier molecular flexibility index (Phi) is 5.29. The maximum Gasteiger partial charge on any atom is 0.435 e. The second-order valence-corrected chi connectivity index (χ2v) is 7.27. The van der Waals surface area contributed by atoms with Gasteiger partial charge < -0.3 is 10.0 Å². The van der Waals surface area contributed by atoms with Crippen LogP contribution in [0.15, 0.2) is 36.5 Å². The quantitative estimate of drug-likeness (QED) is 0.637. The molecule has 0 saturated heterocycles. The van der Waals surface area contributed by atoms with Crippen molar-refractivity contribution in [2.75, 3.05) is 18.1 Å². The third-order valence-corrected chi connectivity index (χ3v) is 5.24. The highest BCUT2D eigenvalue weighted by molar-refractivity contribution is 5.97. The van der Waals surface area contributed by atoms with Crippen LogP contribution >= 0.6 is 0 Å². The average Bonchev–Trinajstić information content (AvgIpc) is 3.33. The molecule has 1 aliphatic rings. The number of hydrogen-bond donors (Lipinski definition) is 1. The molecule has 4 rings (SSSR count). The molecule has 1 aliphatic heterocycles. The fraction of sp³-hybridized carbons (Fsp3) is 0.350. The van der Waals surface area contributed by atoms with Gasteiger partial charge in [-0.3, -0.25) is 9.48 Å². The van der Waals surface area contributed by atoms with Crippen LogP contribution in [0, 0.1) is 12.7 Å². The van der Waals surface area contributed by atoms with E-state index < -0.39 is 30.4 Å². The number of carbonyl (C=O) groups is 1. The number of aliphatic hydroxyl groups excluding tert-OH is 1. The number of carbonyl (C=O) groups excluding carboxylic acids is 1. The van der Waals surface area contributed by atoms with Gasteiger partial charge in [0.15, 0.2) is 11.7 Å². The highest BCUT2D eigenvalue weighted by Gasteiger charge is 2.37. The van der Waals surface area contributed by atoms with E-state index in [-0.39, 0.29) is 11.5 Å². The molecule has 164 valence electrons. The minimum atomic E-state index is -4.66. The molecule has 0 spiro atoms. The van der Waals surface area contributed by atoms with Gasteiger partial charge in [-0.05, 0) is 50.1 Å². The molecule has 1 aromatic carbocycles. The Balaban J connectivity index is 1.67. The molecule has 7 nitrogen and oxygen atoms in total. The highest BCUT2D eigenvalue weighted by Crippen LogP contribution is 2.32. The van der Waals surface area contributed by atoms with Gasteiger partial charge in [-0.1, -0.05) is 0 Å². The molecular weight excluding hydrogens is 418 g/mol. The maximum absolute atomic E-state index is 13.2. The minimum Gasteiger partial charge on any atom is -0.394 e. The summed E-state index contributed by atoms with van der Waals surface area (Å²) in [5, 5.41) is 17.7. The molecule has 1 unspecified atom stereocenters. The van der Waals surface area contributed by atoms with Gasteiger partial charge in [0.1, 0.15) is 5.82 Å². The Morgan fingerprint density at radius 1 is 1.26 bits per heavy atom. The van der Waals surface area contributed by atoms with Crippen molar-refractivity contribution in [3.05, 3.63) is 59.4 Å². The predicted octanol–water partition coefficient (Wildman–Crippen LogP) is 3.05. The number of aliphatic hydroxyl groups is 1. The first-order valence-corrected chi connectivity index (χ1v) is 9.59. The van der Waals surface area contributed by atoms with E-state index in [1.807, 2.05) is 0 Å². The van der Waals surface area contributed by atoms with Crippen LogP contribution in [0.25, 0.3) is 5.69 Å². The van der Waals surface area contributed by atoms with E-state index in [1.54, 1.807) is 16.8 Å². The lowest BCUT2D eigenvalue weighted by Crippen LogP contribution is -2.42. The third-order valence-electron chi connectivity index (χ3n) is 5.24. The van der Waals surface area contributed by atoms with Crippen molar-refractivity contribution >= 4 is 11.6 Å².